The van der Waals surface area contributed by atoms with Gasteiger partial charge in [-0.05, 0) is 0 Å². The fraction of sp³-hybridized carbons (Fsp3) is 1.00. The van der Waals surface area contributed by atoms with Crippen LogP contribution in [0.25, 0.3) is 0 Å². The summed E-state index contributed by atoms with van der Waals surface area (Å²) in [5, 5.41) is 0. The molecule has 1 aliphatic heterocycles. The maximum atomic E-state index is 5.82. The third kappa shape index (κ3) is 2.82. The zero-order chi connectivity index (χ0) is 6.69. The van der Waals surface area contributed by atoms with Crippen molar-refractivity contribution in [3.8, 4) is 0 Å². The van der Waals surface area contributed by atoms with Crippen LogP contribution in [0.15, 0.2) is 0 Å². The van der Waals surface area contributed by atoms with Gasteiger partial charge in [-0.25, -0.2) is 0 Å². The van der Waals surface area contributed by atoms with Gasteiger partial charge in [0.15, 0.2) is 0 Å². The van der Waals surface area contributed by atoms with Gasteiger partial charge < -0.3 is 0 Å². The van der Waals surface area contributed by atoms with E-state index in [1.807, 2.05) is 0 Å². The van der Waals surface area contributed by atoms with Crippen LogP contribution < -0.4 is 26.9 Å². The molecule has 9 heavy (non-hydrogen) atoms. The van der Waals surface area contributed by atoms with Crippen molar-refractivity contribution in [2.45, 2.75) is 16.9 Å². The van der Waals surface area contributed by atoms with E-state index in [2.05, 4.69) is 11.9 Å². The second-order valence-electron chi connectivity index (χ2n) is 2.51. The molecule has 0 aromatic rings. The van der Waals surface area contributed by atoms with E-state index in [-0.39, 0.29) is 21.2 Å². The molecule has 1 rings (SSSR count). The van der Waals surface area contributed by atoms with Crippen molar-refractivity contribution in [3.63, 3.8) is 0 Å². The minimum atomic E-state index is 0.288. The van der Waals surface area contributed by atoms with Gasteiger partial charge in [-0.15, -0.1) is 0 Å². The van der Waals surface area contributed by atoms with Crippen molar-refractivity contribution in [1.29, 1.82) is 0 Å². The summed E-state index contributed by atoms with van der Waals surface area (Å²) in [5.41, 5.74) is 5.82. The summed E-state index contributed by atoms with van der Waals surface area (Å²) in [6, 6.07) is 0. The SMILES string of the molecule is CN1CCC[C@H](N)[I-]C1. The molecule has 0 unspecified atom stereocenters. The number of hydrogen-bond donors (Lipinski definition) is 1. The molecular formula is C6H14IN2-. The van der Waals surface area contributed by atoms with E-state index in [9.17, 15) is 0 Å². The minimum absolute atomic E-state index is 0.288. The number of halogens is 1. The van der Waals surface area contributed by atoms with Gasteiger partial charge in [0.1, 0.15) is 0 Å². The van der Waals surface area contributed by atoms with Crippen LogP contribution in [0.2, 0.25) is 0 Å². The zero-order valence-corrected chi connectivity index (χ0v) is 7.97. The quantitative estimate of drug-likeness (QED) is 0.279. The van der Waals surface area contributed by atoms with Gasteiger partial charge in [0, 0.05) is 0 Å². The second kappa shape index (κ2) is 3.73. The number of alkyl halides is 2. The standard InChI is InChI=1S/C6H14IN2/c1-9-4-2-3-6(8)7-5-9/h6H,2-5,8H2,1H3/q-1/t6-/m0/s1. The molecule has 1 aliphatic rings. The summed E-state index contributed by atoms with van der Waals surface area (Å²) in [6.45, 7) is 1.26. The van der Waals surface area contributed by atoms with Crippen molar-refractivity contribution >= 4 is 0 Å². The van der Waals surface area contributed by atoms with E-state index in [0.717, 1.165) is 0 Å². The molecule has 0 saturated carbocycles. The van der Waals surface area contributed by atoms with Crippen LogP contribution in [0, 0.1) is 0 Å². The Morgan fingerprint density at radius 3 is 3.22 bits per heavy atom. The van der Waals surface area contributed by atoms with Gasteiger partial charge >= 0.3 is 66.9 Å². The summed E-state index contributed by atoms with van der Waals surface area (Å²) in [5.74, 6) is 0. The average molecular weight is 241 g/mol. The van der Waals surface area contributed by atoms with Crippen LogP contribution in [0.5, 0.6) is 0 Å². The normalized spacial score (nSPS) is 32.9. The molecule has 1 saturated heterocycles. The van der Waals surface area contributed by atoms with Gasteiger partial charge in [-0.3, -0.25) is 0 Å². The van der Waals surface area contributed by atoms with Gasteiger partial charge in [0.2, 0.25) is 0 Å². The van der Waals surface area contributed by atoms with Gasteiger partial charge in [0.05, 0.1) is 0 Å². The summed E-state index contributed by atoms with van der Waals surface area (Å²) in [6.07, 6.45) is 2.56. The van der Waals surface area contributed by atoms with E-state index >= 15 is 0 Å². The first-order valence-electron chi connectivity index (χ1n) is 3.31. The molecule has 0 aliphatic carbocycles. The van der Waals surface area contributed by atoms with E-state index in [0.29, 0.717) is 4.05 Å². The molecule has 0 aromatic heterocycles. The summed E-state index contributed by atoms with van der Waals surface area (Å²) < 4.78 is 1.87. The van der Waals surface area contributed by atoms with Crippen LogP contribution in [0.4, 0.5) is 0 Å². The van der Waals surface area contributed by atoms with Gasteiger partial charge in [-0.1, -0.05) is 0 Å². The Balaban J connectivity index is 2.25. The molecule has 56 valence electrons. The Hall–Kier alpha value is 0.650. The Kier molecular flexibility index (Phi) is 3.21. The molecule has 1 fully saturated rings. The topological polar surface area (TPSA) is 29.3 Å². The summed E-state index contributed by atoms with van der Waals surface area (Å²) in [7, 11) is 2.19. The summed E-state index contributed by atoms with van der Waals surface area (Å²) >= 11 is 0.288. The Bertz CT molecular complexity index is 77.1. The predicted octanol–water partition coefficient (Wildman–Crippen LogP) is -2.96. The molecule has 1 atom stereocenters. The first-order chi connectivity index (χ1) is 4.29. The Morgan fingerprint density at radius 1 is 1.67 bits per heavy atom. The molecule has 1 heterocycles. The first-order valence-corrected chi connectivity index (χ1v) is 6.08. The van der Waals surface area contributed by atoms with Crippen LogP contribution in [-0.4, -0.2) is 27.1 Å². The van der Waals surface area contributed by atoms with Crippen molar-refractivity contribution in [3.05, 3.63) is 0 Å². The third-order valence-electron chi connectivity index (χ3n) is 1.49. The third-order valence-corrected chi connectivity index (χ3v) is 4.80. The molecule has 2 nitrogen and oxygen atoms in total. The first kappa shape index (κ1) is 7.75. The van der Waals surface area contributed by atoms with Crippen LogP contribution in [0.3, 0.4) is 0 Å². The zero-order valence-electron chi connectivity index (χ0n) is 5.81. The number of nitrogens with zero attached hydrogens (tertiary/aromatic N) is 1. The van der Waals surface area contributed by atoms with Crippen LogP contribution >= 0.6 is 0 Å². The summed E-state index contributed by atoms with van der Waals surface area (Å²) in [4.78, 5) is 2.40. The average Bonchev–Trinajstić information content (AvgIpc) is 1.97. The molecular weight excluding hydrogens is 227 g/mol. The van der Waals surface area contributed by atoms with Crippen molar-refractivity contribution in [2.24, 2.45) is 5.73 Å². The van der Waals surface area contributed by atoms with Gasteiger partial charge in [0.25, 0.3) is 0 Å². The second-order valence-corrected chi connectivity index (χ2v) is 5.67. The van der Waals surface area contributed by atoms with Crippen molar-refractivity contribution in [2.75, 3.05) is 18.1 Å². The molecule has 0 spiro atoms. The van der Waals surface area contributed by atoms with Crippen molar-refractivity contribution < 1.29 is 21.2 Å². The molecule has 0 amide bonds. The number of hydrogen-bond acceptors (Lipinski definition) is 2. The molecule has 0 radical (unpaired) electrons. The monoisotopic (exact) mass is 241 g/mol. The molecule has 0 aromatic carbocycles. The fourth-order valence-electron chi connectivity index (χ4n) is 0.900. The Labute approximate surface area is 67.0 Å². The van der Waals surface area contributed by atoms with E-state index in [4.69, 9.17) is 5.73 Å². The molecule has 2 N–H and O–H groups in total. The number of rotatable bonds is 0. The predicted molar refractivity (Wildman–Crippen MR) is 34.7 cm³/mol. The maximum absolute atomic E-state index is 5.82. The molecule has 0 bridgehead atoms. The van der Waals surface area contributed by atoms with Gasteiger partial charge in [-0.2, -0.15) is 0 Å². The van der Waals surface area contributed by atoms with E-state index < -0.39 is 0 Å². The van der Waals surface area contributed by atoms with Crippen LogP contribution in [0.1, 0.15) is 12.8 Å². The van der Waals surface area contributed by atoms with E-state index in [1.54, 1.807) is 0 Å². The van der Waals surface area contributed by atoms with E-state index in [1.165, 1.54) is 23.9 Å². The van der Waals surface area contributed by atoms with Crippen LogP contribution in [-0.2, 0) is 0 Å². The molecule has 3 heteroatoms. The fourth-order valence-corrected chi connectivity index (χ4v) is 3.30. The Morgan fingerprint density at radius 2 is 2.44 bits per heavy atom. The number of nitrogens with two attached hydrogens (primary N) is 1. The van der Waals surface area contributed by atoms with Crippen molar-refractivity contribution in [1.82, 2.24) is 4.90 Å².